The number of hydrogen-bond acceptors (Lipinski definition) is 2. The normalized spacial score (nSPS) is 16.5. The molecule has 0 aromatic heterocycles. The number of ether oxygens (including phenoxy) is 1. The van der Waals surface area contributed by atoms with Gasteiger partial charge in [-0.3, -0.25) is 0 Å². The molecule has 0 amide bonds. The lowest BCUT2D eigenvalue weighted by Gasteiger charge is -1.98. The van der Waals surface area contributed by atoms with Gasteiger partial charge in [0.1, 0.15) is 0 Å². The van der Waals surface area contributed by atoms with Crippen molar-refractivity contribution in [2.24, 2.45) is 0 Å². The summed E-state index contributed by atoms with van der Waals surface area (Å²) in [6.07, 6.45) is 7.16. The highest BCUT2D eigenvalue weighted by molar-refractivity contribution is 4.72. The maximum Gasteiger partial charge on any atom is 0.0577 e. The van der Waals surface area contributed by atoms with Crippen LogP contribution < -0.4 is 6.15 Å². The van der Waals surface area contributed by atoms with Crippen LogP contribution in [0.3, 0.4) is 0 Å². The second kappa shape index (κ2) is 5.69. The van der Waals surface area contributed by atoms with Gasteiger partial charge in [-0.25, -0.2) is 0 Å². The predicted molar refractivity (Wildman–Crippen MR) is 43.5 cm³/mol. The zero-order valence-corrected chi connectivity index (χ0v) is 6.94. The molecule has 2 nitrogen and oxygen atoms in total. The van der Waals surface area contributed by atoms with Crippen molar-refractivity contribution in [2.45, 2.75) is 45.1 Å². The highest BCUT2D eigenvalue weighted by atomic mass is 16.5. The Morgan fingerprint density at radius 3 is 2.50 bits per heavy atom. The minimum Gasteiger partial charge on any atom is -0.378 e. The fourth-order valence-corrected chi connectivity index (χ4v) is 0.837. The summed E-state index contributed by atoms with van der Waals surface area (Å²) in [6, 6.07) is 0. The highest BCUT2D eigenvalue weighted by Crippen LogP contribution is 2.23. The molecule has 1 rings (SSSR count). The van der Waals surface area contributed by atoms with Crippen LogP contribution in [0.5, 0.6) is 0 Å². The molecule has 0 heterocycles. The van der Waals surface area contributed by atoms with Gasteiger partial charge in [0.25, 0.3) is 0 Å². The molecular formula is C8H19NO. The van der Waals surface area contributed by atoms with E-state index in [0.717, 1.165) is 6.61 Å². The van der Waals surface area contributed by atoms with Crippen molar-refractivity contribution in [3.63, 3.8) is 0 Å². The van der Waals surface area contributed by atoms with Crippen molar-refractivity contribution >= 4 is 0 Å². The van der Waals surface area contributed by atoms with Crippen LogP contribution in [0.1, 0.15) is 39.0 Å². The molecule has 0 aromatic rings. The van der Waals surface area contributed by atoms with E-state index in [4.69, 9.17) is 4.74 Å². The number of rotatable bonds is 5. The van der Waals surface area contributed by atoms with E-state index in [-0.39, 0.29) is 6.15 Å². The zero-order chi connectivity index (χ0) is 6.53. The van der Waals surface area contributed by atoms with Gasteiger partial charge in [0.05, 0.1) is 6.10 Å². The van der Waals surface area contributed by atoms with Crippen molar-refractivity contribution in [3.05, 3.63) is 0 Å². The minimum absolute atomic E-state index is 0. The quantitative estimate of drug-likeness (QED) is 0.604. The molecule has 3 N–H and O–H groups in total. The molecule has 0 aliphatic heterocycles. The van der Waals surface area contributed by atoms with Crippen LogP contribution in [0.25, 0.3) is 0 Å². The minimum atomic E-state index is 0. The third-order valence-electron chi connectivity index (χ3n) is 1.63. The van der Waals surface area contributed by atoms with E-state index in [1.54, 1.807) is 0 Å². The molecule has 0 spiro atoms. The fourth-order valence-electron chi connectivity index (χ4n) is 0.837. The maximum atomic E-state index is 5.46. The van der Waals surface area contributed by atoms with Crippen LogP contribution in [-0.2, 0) is 4.74 Å². The van der Waals surface area contributed by atoms with E-state index in [1.165, 1.54) is 32.1 Å². The second-order valence-electron chi connectivity index (χ2n) is 2.78. The molecular weight excluding hydrogens is 126 g/mol. The van der Waals surface area contributed by atoms with Crippen molar-refractivity contribution in [3.8, 4) is 0 Å². The Morgan fingerprint density at radius 1 is 1.30 bits per heavy atom. The first-order chi connectivity index (χ1) is 4.43. The smallest absolute Gasteiger partial charge is 0.0577 e. The number of hydrogen-bond donors (Lipinski definition) is 1. The molecule has 1 aliphatic carbocycles. The Hall–Kier alpha value is -0.0800. The van der Waals surface area contributed by atoms with Crippen molar-refractivity contribution in [1.82, 2.24) is 6.15 Å². The van der Waals surface area contributed by atoms with Crippen LogP contribution in [-0.4, -0.2) is 12.7 Å². The summed E-state index contributed by atoms with van der Waals surface area (Å²) < 4.78 is 5.46. The van der Waals surface area contributed by atoms with Gasteiger partial charge < -0.3 is 10.9 Å². The van der Waals surface area contributed by atoms with Gasteiger partial charge in [-0.15, -0.1) is 0 Å². The van der Waals surface area contributed by atoms with E-state index in [1.807, 2.05) is 0 Å². The summed E-state index contributed by atoms with van der Waals surface area (Å²) in [4.78, 5) is 0. The Kier molecular flexibility index (Phi) is 5.64. The second-order valence-corrected chi connectivity index (χ2v) is 2.78. The predicted octanol–water partition coefficient (Wildman–Crippen LogP) is 2.52. The molecule has 0 unspecified atom stereocenters. The summed E-state index contributed by atoms with van der Waals surface area (Å²) in [7, 11) is 0. The fraction of sp³-hybridized carbons (Fsp3) is 1.00. The Morgan fingerprint density at radius 2 is 2.00 bits per heavy atom. The summed E-state index contributed by atoms with van der Waals surface area (Å²) in [5.41, 5.74) is 0. The molecule has 0 aromatic carbocycles. The van der Waals surface area contributed by atoms with Gasteiger partial charge >= 0.3 is 0 Å². The molecule has 2 heteroatoms. The first-order valence-corrected chi connectivity index (χ1v) is 4.05. The van der Waals surface area contributed by atoms with Gasteiger partial charge in [0, 0.05) is 6.61 Å². The van der Waals surface area contributed by atoms with Crippen LogP contribution in [0, 0.1) is 0 Å². The van der Waals surface area contributed by atoms with E-state index in [2.05, 4.69) is 6.92 Å². The lowest BCUT2D eigenvalue weighted by atomic mass is 10.3. The SMILES string of the molecule is CCCCCOC1CC1.N. The molecule has 1 fully saturated rings. The molecule has 1 aliphatic rings. The van der Waals surface area contributed by atoms with E-state index in [0.29, 0.717) is 6.10 Å². The van der Waals surface area contributed by atoms with Crippen LogP contribution in [0.15, 0.2) is 0 Å². The van der Waals surface area contributed by atoms with Gasteiger partial charge in [-0.1, -0.05) is 19.8 Å². The molecule has 0 saturated heterocycles. The lowest BCUT2D eigenvalue weighted by molar-refractivity contribution is 0.116. The third kappa shape index (κ3) is 4.77. The molecule has 0 bridgehead atoms. The standard InChI is InChI=1S/C8H16O.H3N/c1-2-3-4-7-9-8-5-6-8;/h8H,2-7H2,1H3;1H3. The van der Waals surface area contributed by atoms with Crippen molar-refractivity contribution in [2.75, 3.05) is 6.61 Å². The third-order valence-corrected chi connectivity index (χ3v) is 1.63. The summed E-state index contributed by atoms with van der Waals surface area (Å²) >= 11 is 0. The van der Waals surface area contributed by atoms with Crippen LogP contribution >= 0.6 is 0 Å². The lowest BCUT2D eigenvalue weighted by Crippen LogP contribution is -1.95. The molecule has 10 heavy (non-hydrogen) atoms. The Balaban J connectivity index is 0.000000810. The van der Waals surface area contributed by atoms with Gasteiger partial charge in [-0.05, 0) is 19.3 Å². The van der Waals surface area contributed by atoms with Gasteiger partial charge in [0.2, 0.25) is 0 Å². The highest BCUT2D eigenvalue weighted by Gasteiger charge is 2.21. The van der Waals surface area contributed by atoms with Crippen LogP contribution in [0.2, 0.25) is 0 Å². The van der Waals surface area contributed by atoms with Crippen LogP contribution in [0.4, 0.5) is 0 Å². The summed E-state index contributed by atoms with van der Waals surface area (Å²) in [5, 5.41) is 0. The summed E-state index contributed by atoms with van der Waals surface area (Å²) in [6.45, 7) is 3.22. The Labute approximate surface area is 63.5 Å². The van der Waals surface area contributed by atoms with Gasteiger partial charge in [0.15, 0.2) is 0 Å². The molecule has 1 saturated carbocycles. The van der Waals surface area contributed by atoms with E-state index < -0.39 is 0 Å². The largest absolute Gasteiger partial charge is 0.378 e. The monoisotopic (exact) mass is 145 g/mol. The average Bonchev–Trinajstić information content (AvgIpc) is 2.63. The topological polar surface area (TPSA) is 44.2 Å². The van der Waals surface area contributed by atoms with Crippen molar-refractivity contribution in [1.29, 1.82) is 0 Å². The van der Waals surface area contributed by atoms with E-state index in [9.17, 15) is 0 Å². The Bertz CT molecular complexity index is 71.7. The number of unbranched alkanes of at least 4 members (excludes halogenated alkanes) is 2. The average molecular weight is 145 g/mol. The maximum absolute atomic E-state index is 5.46. The molecule has 0 atom stereocenters. The summed E-state index contributed by atoms with van der Waals surface area (Å²) in [5.74, 6) is 0. The molecule has 0 radical (unpaired) electrons. The molecule has 62 valence electrons. The first-order valence-electron chi connectivity index (χ1n) is 4.05. The van der Waals surface area contributed by atoms with Crippen molar-refractivity contribution < 1.29 is 4.74 Å². The van der Waals surface area contributed by atoms with E-state index >= 15 is 0 Å². The first kappa shape index (κ1) is 9.92. The zero-order valence-electron chi connectivity index (χ0n) is 6.94. The van der Waals surface area contributed by atoms with Gasteiger partial charge in [-0.2, -0.15) is 0 Å².